The fraction of sp³-hybridized carbons (Fsp3) is 1.00. The molecule has 0 atom stereocenters. The van der Waals surface area contributed by atoms with E-state index in [4.69, 9.17) is 16.3 Å². The van der Waals surface area contributed by atoms with Gasteiger partial charge in [0.05, 0.1) is 0 Å². The molecule has 2 nitrogen and oxygen atoms in total. The van der Waals surface area contributed by atoms with E-state index < -0.39 is 0 Å². The Kier molecular flexibility index (Phi) is 4.30. The van der Waals surface area contributed by atoms with Crippen molar-refractivity contribution in [1.82, 2.24) is 5.32 Å². The zero-order valence-electron chi connectivity index (χ0n) is 9.43. The van der Waals surface area contributed by atoms with E-state index in [-0.39, 0.29) is 5.54 Å². The van der Waals surface area contributed by atoms with Crippen molar-refractivity contribution in [3.8, 4) is 0 Å². The highest BCUT2D eigenvalue weighted by Gasteiger charge is 2.32. The molecule has 2 aliphatic rings. The minimum absolute atomic E-state index is 0.169. The number of hydrogen-bond acceptors (Lipinski definition) is 2. The Labute approximate surface area is 97.7 Å². The molecule has 0 radical (unpaired) electrons. The average molecular weight is 232 g/mol. The number of rotatable bonds is 4. The highest BCUT2D eigenvalue weighted by atomic mass is 35.5. The number of ether oxygens (including phenoxy) is 1. The van der Waals surface area contributed by atoms with E-state index in [0.29, 0.717) is 0 Å². The van der Waals surface area contributed by atoms with E-state index in [0.717, 1.165) is 44.4 Å². The van der Waals surface area contributed by atoms with Crippen molar-refractivity contribution in [3.05, 3.63) is 0 Å². The molecule has 88 valence electrons. The summed E-state index contributed by atoms with van der Waals surface area (Å²) in [5.41, 5.74) is 0.169. The fourth-order valence-electron chi connectivity index (χ4n) is 2.70. The predicted octanol–water partition coefficient (Wildman–Crippen LogP) is 2.55. The second kappa shape index (κ2) is 5.51. The van der Waals surface area contributed by atoms with Crippen LogP contribution in [0.1, 0.15) is 38.5 Å². The second-order valence-electron chi connectivity index (χ2n) is 5.06. The van der Waals surface area contributed by atoms with E-state index in [2.05, 4.69) is 5.32 Å². The van der Waals surface area contributed by atoms with Crippen LogP contribution in [-0.2, 0) is 4.74 Å². The van der Waals surface area contributed by atoms with Crippen LogP contribution >= 0.6 is 11.6 Å². The van der Waals surface area contributed by atoms with Crippen molar-refractivity contribution in [2.75, 3.05) is 25.6 Å². The van der Waals surface area contributed by atoms with Crippen LogP contribution in [0.5, 0.6) is 0 Å². The van der Waals surface area contributed by atoms with Gasteiger partial charge in [-0.1, -0.05) is 12.8 Å². The lowest BCUT2D eigenvalue weighted by Crippen LogP contribution is -2.52. The molecule has 0 aromatic heterocycles. The van der Waals surface area contributed by atoms with Gasteiger partial charge in [-0.05, 0) is 38.1 Å². The van der Waals surface area contributed by atoms with Crippen molar-refractivity contribution in [2.45, 2.75) is 44.1 Å². The number of hydrogen-bond donors (Lipinski definition) is 1. The van der Waals surface area contributed by atoms with Gasteiger partial charge in [-0.3, -0.25) is 0 Å². The summed E-state index contributed by atoms with van der Waals surface area (Å²) in [4.78, 5) is 0. The molecule has 1 aliphatic heterocycles. The molecular formula is C12H22ClNO. The van der Waals surface area contributed by atoms with Gasteiger partial charge in [-0.15, -0.1) is 11.6 Å². The van der Waals surface area contributed by atoms with Crippen molar-refractivity contribution in [2.24, 2.45) is 5.92 Å². The summed E-state index contributed by atoms with van der Waals surface area (Å²) in [6.07, 6.45) is 7.79. The molecule has 0 aromatic rings. The third-order valence-corrected chi connectivity index (χ3v) is 4.46. The van der Waals surface area contributed by atoms with Crippen molar-refractivity contribution >= 4 is 11.6 Å². The molecule has 0 unspecified atom stereocenters. The summed E-state index contributed by atoms with van der Waals surface area (Å²) in [6.45, 7) is 2.89. The highest BCUT2D eigenvalue weighted by molar-refractivity contribution is 6.18. The molecule has 0 spiro atoms. The molecule has 1 N–H and O–H groups in total. The minimum Gasteiger partial charge on any atom is -0.381 e. The maximum Gasteiger partial charge on any atom is 0.0484 e. The zero-order chi connectivity index (χ0) is 10.6. The first-order valence-corrected chi connectivity index (χ1v) is 6.77. The van der Waals surface area contributed by atoms with Gasteiger partial charge < -0.3 is 10.1 Å². The van der Waals surface area contributed by atoms with Gasteiger partial charge in [-0.2, -0.15) is 0 Å². The molecule has 0 bridgehead atoms. The maximum absolute atomic E-state index is 6.10. The fourth-order valence-corrected chi connectivity index (χ4v) is 3.06. The number of alkyl halides is 1. The molecule has 1 aliphatic carbocycles. The van der Waals surface area contributed by atoms with Gasteiger partial charge in [0.2, 0.25) is 0 Å². The summed E-state index contributed by atoms with van der Waals surface area (Å²) in [5.74, 6) is 1.62. The van der Waals surface area contributed by atoms with Gasteiger partial charge >= 0.3 is 0 Å². The molecule has 3 heteroatoms. The average Bonchev–Trinajstić information content (AvgIpc) is 2.81. The molecule has 0 amide bonds. The van der Waals surface area contributed by atoms with Crippen LogP contribution < -0.4 is 5.32 Å². The Balaban J connectivity index is 1.78. The van der Waals surface area contributed by atoms with E-state index in [9.17, 15) is 0 Å². The topological polar surface area (TPSA) is 21.3 Å². The maximum atomic E-state index is 6.10. The largest absolute Gasteiger partial charge is 0.381 e. The molecule has 15 heavy (non-hydrogen) atoms. The van der Waals surface area contributed by atoms with Gasteiger partial charge in [0.1, 0.15) is 0 Å². The van der Waals surface area contributed by atoms with Crippen LogP contribution in [-0.4, -0.2) is 31.2 Å². The standard InChI is InChI=1S/C12H22ClNO/c13-10-12(5-7-15-8-6-12)14-9-11-3-1-2-4-11/h11,14H,1-10H2. The first-order chi connectivity index (χ1) is 7.35. The summed E-state index contributed by atoms with van der Waals surface area (Å²) in [6, 6.07) is 0. The van der Waals surface area contributed by atoms with Gasteiger partial charge in [0.15, 0.2) is 0 Å². The first-order valence-electron chi connectivity index (χ1n) is 6.23. The van der Waals surface area contributed by atoms with Crippen molar-refractivity contribution in [1.29, 1.82) is 0 Å². The molecule has 1 saturated heterocycles. The Bertz CT molecular complexity index is 186. The number of nitrogens with one attached hydrogen (secondary N) is 1. The lowest BCUT2D eigenvalue weighted by Gasteiger charge is -2.37. The third-order valence-electron chi connectivity index (χ3n) is 3.95. The number of halogens is 1. The predicted molar refractivity (Wildman–Crippen MR) is 63.5 cm³/mol. The molecule has 1 saturated carbocycles. The quantitative estimate of drug-likeness (QED) is 0.751. The minimum atomic E-state index is 0.169. The Morgan fingerprint density at radius 2 is 1.87 bits per heavy atom. The van der Waals surface area contributed by atoms with Gasteiger partial charge in [-0.25, -0.2) is 0 Å². The van der Waals surface area contributed by atoms with Crippen LogP contribution in [0, 0.1) is 5.92 Å². The summed E-state index contributed by atoms with van der Waals surface area (Å²) in [7, 11) is 0. The monoisotopic (exact) mass is 231 g/mol. The van der Waals surface area contributed by atoms with E-state index in [1.165, 1.54) is 25.7 Å². The zero-order valence-corrected chi connectivity index (χ0v) is 10.2. The van der Waals surface area contributed by atoms with Crippen LogP contribution in [0.15, 0.2) is 0 Å². The second-order valence-corrected chi connectivity index (χ2v) is 5.32. The Morgan fingerprint density at radius 1 is 1.20 bits per heavy atom. The lowest BCUT2D eigenvalue weighted by atomic mass is 9.91. The van der Waals surface area contributed by atoms with Gasteiger partial charge in [0, 0.05) is 24.6 Å². The summed E-state index contributed by atoms with van der Waals surface area (Å²) < 4.78 is 5.40. The Hall–Kier alpha value is 0.210. The summed E-state index contributed by atoms with van der Waals surface area (Å²) in [5, 5.41) is 3.71. The van der Waals surface area contributed by atoms with Crippen molar-refractivity contribution in [3.63, 3.8) is 0 Å². The molecule has 2 fully saturated rings. The molecule has 1 heterocycles. The smallest absolute Gasteiger partial charge is 0.0484 e. The van der Waals surface area contributed by atoms with Crippen LogP contribution in [0.4, 0.5) is 0 Å². The lowest BCUT2D eigenvalue weighted by molar-refractivity contribution is 0.0451. The first kappa shape index (κ1) is 11.7. The molecule has 0 aromatic carbocycles. The summed E-state index contributed by atoms with van der Waals surface area (Å²) >= 11 is 6.10. The Morgan fingerprint density at radius 3 is 2.47 bits per heavy atom. The third kappa shape index (κ3) is 3.08. The SMILES string of the molecule is ClCC1(NCC2CCCC2)CCOCC1. The molecular weight excluding hydrogens is 210 g/mol. The van der Waals surface area contributed by atoms with Crippen LogP contribution in [0.3, 0.4) is 0 Å². The van der Waals surface area contributed by atoms with E-state index in [1.807, 2.05) is 0 Å². The van der Waals surface area contributed by atoms with E-state index >= 15 is 0 Å². The van der Waals surface area contributed by atoms with E-state index in [1.54, 1.807) is 0 Å². The van der Waals surface area contributed by atoms with Crippen LogP contribution in [0.2, 0.25) is 0 Å². The van der Waals surface area contributed by atoms with Crippen LogP contribution in [0.25, 0.3) is 0 Å². The van der Waals surface area contributed by atoms with Gasteiger partial charge in [0.25, 0.3) is 0 Å². The normalized spacial score (nSPS) is 27.0. The van der Waals surface area contributed by atoms with Crippen molar-refractivity contribution < 1.29 is 4.74 Å². The highest BCUT2D eigenvalue weighted by Crippen LogP contribution is 2.27. The molecule has 2 rings (SSSR count).